The Bertz CT molecular complexity index is 710. The predicted molar refractivity (Wildman–Crippen MR) is 81.2 cm³/mol. The van der Waals surface area contributed by atoms with Crippen LogP contribution in [0, 0.1) is 6.92 Å². The van der Waals surface area contributed by atoms with Gasteiger partial charge in [-0.1, -0.05) is 12.2 Å². The van der Waals surface area contributed by atoms with Crippen molar-refractivity contribution in [2.45, 2.75) is 13.5 Å². The van der Waals surface area contributed by atoms with Gasteiger partial charge in [0.15, 0.2) is 0 Å². The molecule has 6 heteroatoms. The van der Waals surface area contributed by atoms with Gasteiger partial charge < -0.3 is 10.5 Å². The first-order valence-corrected chi connectivity index (χ1v) is 6.43. The van der Waals surface area contributed by atoms with Crippen LogP contribution in [0.5, 0.6) is 5.75 Å². The fraction of sp³-hybridized carbons (Fsp3) is 0.214. The summed E-state index contributed by atoms with van der Waals surface area (Å²) in [6.45, 7) is 2.14. The van der Waals surface area contributed by atoms with E-state index < -0.39 is 0 Å². The third-order valence-electron chi connectivity index (χ3n) is 2.88. The average Bonchev–Trinajstić information content (AvgIpc) is 2.42. The summed E-state index contributed by atoms with van der Waals surface area (Å²) in [6.07, 6.45) is 0. The lowest BCUT2D eigenvalue weighted by Crippen LogP contribution is -2.23. The fourth-order valence-electron chi connectivity index (χ4n) is 1.88. The van der Waals surface area contributed by atoms with Crippen molar-refractivity contribution in [3.63, 3.8) is 0 Å². The smallest absolute Gasteiger partial charge is 0.267 e. The average molecular weight is 289 g/mol. The van der Waals surface area contributed by atoms with Gasteiger partial charge in [-0.3, -0.25) is 4.79 Å². The minimum Gasteiger partial charge on any atom is -0.496 e. The second-order valence-corrected chi connectivity index (χ2v) is 4.80. The van der Waals surface area contributed by atoms with Crippen molar-refractivity contribution in [2.75, 3.05) is 7.11 Å². The van der Waals surface area contributed by atoms with Crippen molar-refractivity contribution in [3.8, 4) is 5.75 Å². The van der Waals surface area contributed by atoms with Crippen molar-refractivity contribution < 1.29 is 4.74 Å². The fourth-order valence-corrected chi connectivity index (χ4v) is 2.01. The normalized spacial score (nSPS) is 10.3. The van der Waals surface area contributed by atoms with Gasteiger partial charge in [0.25, 0.3) is 5.56 Å². The highest BCUT2D eigenvalue weighted by Gasteiger charge is 2.08. The van der Waals surface area contributed by atoms with Crippen LogP contribution in [0.1, 0.15) is 16.8 Å². The molecule has 2 N–H and O–H groups in total. The summed E-state index contributed by atoms with van der Waals surface area (Å²) in [4.78, 5) is 12.1. The molecule has 104 valence electrons. The second kappa shape index (κ2) is 5.83. The SMILES string of the molecule is COc1ccc(C(N)=S)cc1Cn1nc(C)ccc1=O. The van der Waals surface area contributed by atoms with E-state index in [4.69, 9.17) is 22.7 Å². The number of rotatable bonds is 4. The first-order valence-electron chi connectivity index (χ1n) is 6.03. The number of nitrogens with zero attached hydrogens (tertiary/aromatic N) is 2. The monoisotopic (exact) mass is 289 g/mol. The summed E-state index contributed by atoms with van der Waals surface area (Å²) < 4.78 is 6.68. The lowest BCUT2D eigenvalue weighted by atomic mass is 10.1. The van der Waals surface area contributed by atoms with Gasteiger partial charge in [0.1, 0.15) is 10.7 Å². The van der Waals surface area contributed by atoms with Crippen LogP contribution in [-0.2, 0) is 6.54 Å². The minimum absolute atomic E-state index is 0.168. The van der Waals surface area contributed by atoms with Gasteiger partial charge in [-0.05, 0) is 31.2 Å². The van der Waals surface area contributed by atoms with Gasteiger partial charge in [0, 0.05) is 17.2 Å². The van der Waals surface area contributed by atoms with Crippen LogP contribution >= 0.6 is 12.2 Å². The minimum atomic E-state index is -0.168. The Hall–Kier alpha value is -2.21. The van der Waals surface area contributed by atoms with Crippen LogP contribution < -0.4 is 16.0 Å². The van der Waals surface area contributed by atoms with Crippen LogP contribution in [0.2, 0.25) is 0 Å². The van der Waals surface area contributed by atoms with Crippen molar-refractivity contribution in [1.82, 2.24) is 9.78 Å². The predicted octanol–water partition coefficient (Wildman–Crippen LogP) is 1.24. The van der Waals surface area contributed by atoms with Gasteiger partial charge in [0.05, 0.1) is 19.3 Å². The largest absolute Gasteiger partial charge is 0.496 e. The molecular weight excluding hydrogens is 274 g/mol. The number of aromatic nitrogens is 2. The number of aryl methyl sites for hydroxylation is 1. The number of nitrogens with two attached hydrogens (primary N) is 1. The quantitative estimate of drug-likeness (QED) is 0.858. The molecule has 0 unspecified atom stereocenters. The maximum absolute atomic E-state index is 11.8. The van der Waals surface area contributed by atoms with E-state index in [0.717, 1.165) is 16.8 Å². The molecule has 0 spiro atoms. The van der Waals surface area contributed by atoms with E-state index in [1.807, 2.05) is 13.0 Å². The number of ether oxygens (including phenoxy) is 1. The van der Waals surface area contributed by atoms with Crippen LogP contribution in [0.3, 0.4) is 0 Å². The van der Waals surface area contributed by atoms with Crippen LogP contribution in [-0.4, -0.2) is 21.9 Å². The van der Waals surface area contributed by atoms with Crippen molar-refractivity contribution in [3.05, 3.63) is 57.5 Å². The van der Waals surface area contributed by atoms with Gasteiger partial charge >= 0.3 is 0 Å². The summed E-state index contributed by atoms with van der Waals surface area (Å²) in [5.74, 6) is 0.667. The van der Waals surface area contributed by atoms with E-state index in [1.165, 1.54) is 10.7 Å². The van der Waals surface area contributed by atoms with Crippen molar-refractivity contribution in [2.24, 2.45) is 5.73 Å². The molecule has 1 aromatic heterocycles. The van der Waals surface area contributed by atoms with E-state index in [-0.39, 0.29) is 5.56 Å². The van der Waals surface area contributed by atoms with E-state index >= 15 is 0 Å². The summed E-state index contributed by atoms with van der Waals surface area (Å²) in [5, 5.41) is 4.20. The van der Waals surface area contributed by atoms with Gasteiger partial charge in [0.2, 0.25) is 0 Å². The zero-order valence-electron chi connectivity index (χ0n) is 11.3. The summed E-state index contributed by atoms with van der Waals surface area (Å²) in [5.41, 5.74) is 7.77. The molecule has 0 aliphatic rings. The summed E-state index contributed by atoms with van der Waals surface area (Å²) in [7, 11) is 1.58. The van der Waals surface area contributed by atoms with Crippen LogP contribution in [0.25, 0.3) is 0 Å². The Balaban J connectivity index is 2.46. The zero-order valence-corrected chi connectivity index (χ0v) is 12.1. The first kappa shape index (κ1) is 14.2. The molecule has 0 saturated carbocycles. The molecule has 1 heterocycles. The Morgan fingerprint density at radius 3 is 2.80 bits per heavy atom. The number of methoxy groups -OCH3 is 1. The van der Waals surface area contributed by atoms with Gasteiger partial charge in [-0.15, -0.1) is 0 Å². The Morgan fingerprint density at radius 1 is 1.40 bits per heavy atom. The van der Waals surface area contributed by atoms with Gasteiger partial charge in [-0.2, -0.15) is 5.10 Å². The molecule has 0 saturated heterocycles. The summed E-state index contributed by atoms with van der Waals surface area (Å²) >= 11 is 4.97. The molecule has 20 heavy (non-hydrogen) atoms. The standard InChI is InChI=1S/C14H15N3O2S/c1-9-3-6-13(18)17(16-9)8-11-7-10(14(15)20)4-5-12(11)19-2/h3-7H,8H2,1-2H3,(H2,15,20). The second-order valence-electron chi connectivity index (χ2n) is 4.36. The molecule has 0 aliphatic heterocycles. The van der Waals surface area contributed by atoms with E-state index in [2.05, 4.69) is 5.10 Å². The lowest BCUT2D eigenvalue weighted by Gasteiger charge is -2.11. The molecular formula is C14H15N3O2S. The van der Waals surface area contributed by atoms with Crippen LogP contribution in [0.15, 0.2) is 35.1 Å². The Morgan fingerprint density at radius 2 is 2.15 bits per heavy atom. The zero-order chi connectivity index (χ0) is 14.7. The Labute approximate surface area is 122 Å². The number of hydrogen-bond donors (Lipinski definition) is 1. The topological polar surface area (TPSA) is 70.1 Å². The molecule has 5 nitrogen and oxygen atoms in total. The van der Waals surface area contributed by atoms with E-state index in [1.54, 1.807) is 25.3 Å². The molecule has 0 atom stereocenters. The molecule has 0 bridgehead atoms. The number of thiocarbonyl (C=S) groups is 1. The first-order chi connectivity index (χ1) is 9.51. The molecule has 0 amide bonds. The van der Waals surface area contributed by atoms with Crippen molar-refractivity contribution >= 4 is 17.2 Å². The number of benzene rings is 1. The molecule has 2 rings (SSSR count). The third kappa shape index (κ3) is 3.03. The maximum atomic E-state index is 11.8. The highest BCUT2D eigenvalue weighted by molar-refractivity contribution is 7.80. The van der Waals surface area contributed by atoms with E-state index in [9.17, 15) is 4.79 Å². The molecule has 0 aliphatic carbocycles. The maximum Gasteiger partial charge on any atom is 0.267 e. The lowest BCUT2D eigenvalue weighted by molar-refractivity contribution is 0.406. The van der Waals surface area contributed by atoms with E-state index in [0.29, 0.717) is 17.3 Å². The summed E-state index contributed by atoms with van der Waals surface area (Å²) in [6, 6.07) is 8.56. The van der Waals surface area contributed by atoms with Crippen molar-refractivity contribution in [1.29, 1.82) is 0 Å². The molecule has 0 fully saturated rings. The third-order valence-corrected chi connectivity index (χ3v) is 3.12. The molecule has 1 aromatic carbocycles. The number of hydrogen-bond acceptors (Lipinski definition) is 4. The van der Waals surface area contributed by atoms with Crippen LogP contribution in [0.4, 0.5) is 0 Å². The van der Waals surface area contributed by atoms with Gasteiger partial charge in [-0.25, -0.2) is 4.68 Å². The highest BCUT2D eigenvalue weighted by Crippen LogP contribution is 2.20. The highest BCUT2D eigenvalue weighted by atomic mass is 32.1. The molecule has 2 aromatic rings. The Kier molecular flexibility index (Phi) is 4.14. The molecule has 0 radical (unpaired) electrons.